The molecule has 0 aromatic heterocycles. The third-order valence-electron chi connectivity index (χ3n) is 2.56. The Morgan fingerprint density at radius 2 is 1.75 bits per heavy atom. The third-order valence-corrected chi connectivity index (χ3v) is 2.56. The maximum absolute atomic E-state index is 5.38. The SMILES string of the molecule is C1=CC2CC1C1OC21. The molecule has 4 unspecified atom stereocenters. The minimum absolute atomic E-state index is 0.657. The van der Waals surface area contributed by atoms with Crippen LogP contribution in [0.3, 0.4) is 0 Å². The van der Waals surface area contributed by atoms with Gasteiger partial charge in [-0.2, -0.15) is 0 Å². The number of hydrogen-bond acceptors (Lipinski definition) is 1. The van der Waals surface area contributed by atoms with Crippen LogP contribution in [-0.2, 0) is 4.74 Å². The van der Waals surface area contributed by atoms with Crippen molar-refractivity contribution in [2.45, 2.75) is 18.6 Å². The van der Waals surface area contributed by atoms with Crippen LogP contribution in [0.15, 0.2) is 12.2 Å². The minimum Gasteiger partial charge on any atom is -0.368 e. The lowest BCUT2D eigenvalue weighted by atomic mass is 10.1. The second-order valence-electron chi connectivity index (χ2n) is 3.01. The van der Waals surface area contributed by atoms with Crippen LogP contribution in [0.2, 0.25) is 0 Å². The Morgan fingerprint density at radius 1 is 1.12 bits per heavy atom. The van der Waals surface area contributed by atoms with E-state index in [4.69, 9.17) is 4.74 Å². The van der Waals surface area contributed by atoms with E-state index in [1.54, 1.807) is 0 Å². The van der Waals surface area contributed by atoms with Gasteiger partial charge in [-0.05, 0) is 6.42 Å². The van der Waals surface area contributed by atoms with Crippen molar-refractivity contribution < 1.29 is 4.74 Å². The van der Waals surface area contributed by atoms with Gasteiger partial charge in [-0.25, -0.2) is 0 Å². The van der Waals surface area contributed by atoms with Gasteiger partial charge in [-0.15, -0.1) is 0 Å². The molecule has 1 aliphatic heterocycles. The predicted octanol–water partition coefficient (Wildman–Crippen LogP) is 0.960. The first kappa shape index (κ1) is 3.67. The van der Waals surface area contributed by atoms with Crippen molar-refractivity contribution in [1.82, 2.24) is 0 Å². The Morgan fingerprint density at radius 3 is 2.12 bits per heavy atom. The van der Waals surface area contributed by atoms with E-state index in [9.17, 15) is 0 Å². The van der Waals surface area contributed by atoms with Crippen LogP contribution in [0, 0.1) is 11.8 Å². The van der Waals surface area contributed by atoms with Crippen molar-refractivity contribution in [2.75, 3.05) is 0 Å². The molecule has 0 aromatic carbocycles. The molecule has 0 N–H and O–H groups in total. The van der Waals surface area contributed by atoms with E-state index in [2.05, 4.69) is 12.2 Å². The molecule has 1 heteroatoms. The molecule has 0 radical (unpaired) electrons. The van der Waals surface area contributed by atoms with Gasteiger partial charge in [0.25, 0.3) is 0 Å². The number of ether oxygens (including phenoxy) is 1. The first-order chi connectivity index (χ1) is 3.95. The van der Waals surface area contributed by atoms with Crippen molar-refractivity contribution in [3.05, 3.63) is 12.2 Å². The molecule has 2 fully saturated rings. The summed E-state index contributed by atoms with van der Waals surface area (Å²) in [5.74, 6) is 1.62. The molecule has 1 heterocycles. The highest BCUT2D eigenvalue weighted by atomic mass is 16.6. The zero-order valence-electron chi connectivity index (χ0n) is 4.58. The highest BCUT2D eigenvalue weighted by molar-refractivity contribution is 5.21. The predicted molar refractivity (Wildman–Crippen MR) is 29.4 cm³/mol. The van der Waals surface area contributed by atoms with Crippen molar-refractivity contribution in [2.24, 2.45) is 11.8 Å². The monoisotopic (exact) mass is 108 g/mol. The molecule has 8 heavy (non-hydrogen) atoms. The molecule has 1 nitrogen and oxygen atoms in total. The number of rotatable bonds is 0. The van der Waals surface area contributed by atoms with Gasteiger partial charge in [0, 0.05) is 11.8 Å². The minimum atomic E-state index is 0.657. The van der Waals surface area contributed by atoms with E-state index in [0.29, 0.717) is 12.2 Å². The largest absolute Gasteiger partial charge is 0.368 e. The Balaban J connectivity index is 2.12. The molecule has 2 bridgehead atoms. The van der Waals surface area contributed by atoms with Gasteiger partial charge in [-0.1, -0.05) is 12.2 Å². The highest BCUT2D eigenvalue weighted by Gasteiger charge is 2.57. The summed E-state index contributed by atoms with van der Waals surface area (Å²) in [6.45, 7) is 0. The molecule has 42 valence electrons. The van der Waals surface area contributed by atoms with E-state index in [1.807, 2.05) is 0 Å². The maximum atomic E-state index is 5.38. The molecular formula is C7H8O. The summed E-state index contributed by atoms with van der Waals surface area (Å²) in [4.78, 5) is 0. The van der Waals surface area contributed by atoms with Gasteiger partial charge in [0.15, 0.2) is 0 Å². The Kier molecular flexibility index (Phi) is 0.406. The summed E-state index contributed by atoms with van der Waals surface area (Å²) in [6, 6.07) is 0. The molecule has 3 rings (SSSR count). The summed E-state index contributed by atoms with van der Waals surface area (Å²) in [5.41, 5.74) is 0. The molecule has 4 atom stereocenters. The van der Waals surface area contributed by atoms with E-state index in [1.165, 1.54) is 6.42 Å². The fraction of sp³-hybridized carbons (Fsp3) is 0.714. The van der Waals surface area contributed by atoms with Gasteiger partial charge < -0.3 is 4.74 Å². The van der Waals surface area contributed by atoms with Crippen molar-refractivity contribution in [3.63, 3.8) is 0 Å². The smallest absolute Gasteiger partial charge is 0.0910 e. The second kappa shape index (κ2) is 0.883. The highest BCUT2D eigenvalue weighted by Crippen LogP contribution is 2.52. The van der Waals surface area contributed by atoms with Crippen LogP contribution in [-0.4, -0.2) is 12.2 Å². The summed E-state index contributed by atoms with van der Waals surface area (Å²) in [7, 11) is 0. The number of fused-ring (bicyclic) bond motifs is 5. The van der Waals surface area contributed by atoms with Gasteiger partial charge >= 0.3 is 0 Å². The van der Waals surface area contributed by atoms with Crippen LogP contribution in [0.4, 0.5) is 0 Å². The zero-order valence-corrected chi connectivity index (χ0v) is 4.58. The molecule has 2 aliphatic carbocycles. The lowest BCUT2D eigenvalue weighted by molar-refractivity contribution is 0.274. The second-order valence-corrected chi connectivity index (χ2v) is 3.01. The fourth-order valence-corrected chi connectivity index (χ4v) is 2.07. The summed E-state index contributed by atoms with van der Waals surface area (Å²) in [5, 5.41) is 0. The third kappa shape index (κ3) is 0.244. The molecule has 0 aromatic rings. The summed E-state index contributed by atoms with van der Waals surface area (Å²) >= 11 is 0. The number of epoxide rings is 1. The standard InChI is InChI=1S/C7H8O/c1-2-5-3-4(1)6-7(5)8-6/h1-2,4-7H,3H2. The number of hydrogen-bond donors (Lipinski definition) is 0. The lowest BCUT2D eigenvalue weighted by Crippen LogP contribution is -1.98. The van der Waals surface area contributed by atoms with Crippen LogP contribution in [0.25, 0.3) is 0 Å². The first-order valence-electron chi connectivity index (χ1n) is 3.29. The van der Waals surface area contributed by atoms with Crippen molar-refractivity contribution in [1.29, 1.82) is 0 Å². The molecular weight excluding hydrogens is 100 g/mol. The Labute approximate surface area is 48.3 Å². The summed E-state index contributed by atoms with van der Waals surface area (Å²) in [6.07, 6.45) is 7.34. The normalized spacial score (nSPS) is 64.0. The molecule has 3 aliphatic rings. The van der Waals surface area contributed by atoms with Crippen LogP contribution in [0.1, 0.15) is 6.42 Å². The van der Waals surface area contributed by atoms with E-state index in [0.717, 1.165) is 11.8 Å². The van der Waals surface area contributed by atoms with Crippen molar-refractivity contribution in [3.8, 4) is 0 Å². The van der Waals surface area contributed by atoms with Gasteiger partial charge in [0.1, 0.15) is 0 Å². The van der Waals surface area contributed by atoms with E-state index >= 15 is 0 Å². The van der Waals surface area contributed by atoms with Gasteiger partial charge in [0.05, 0.1) is 12.2 Å². The van der Waals surface area contributed by atoms with Crippen molar-refractivity contribution >= 4 is 0 Å². The average Bonchev–Trinajstić information content (AvgIpc) is 2.39. The fourth-order valence-electron chi connectivity index (χ4n) is 2.07. The quantitative estimate of drug-likeness (QED) is 0.332. The zero-order chi connectivity index (χ0) is 5.14. The van der Waals surface area contributed by atoms with Gasteiger partial charge in [0.2, 0.25) is 0 Å². The Bertz CT molecular complexity index is 146. The van der Waals surface area contributed by atoms with E-state index < -0.39 is 0 Å². The summed E-state index contributed by atoms with van der Waals surface area (Å²) < 4.78 is 5.38. The first-order valence-corrected chi connectivity index (χ1v) is 3.29. The molecule has 0 amide bonds. The topological polar surface area (TPSA) is 12.5 Å². The van der Waals surface area contributed by atoms with Crippen LogP contribution in [0.5, 0.6) is 0 Å². The lowest BCUT2D eigenvalue weighted by Gasteiger charge is -1.97. The Hall–Kier alpha value is -0.300. The molecule has 1 saturated heterocycles. The molecule has 0 spiro atoms. The average molecular weight is 108 g/mol. The van der Waals surface area contributed by atoms with Crippen LogP contribution < -0.4 is 0 Å². The van der Waals surface area contributed by atoms with E-state index in [-0.39, 0.29) is 0 Å². The van der Waals surface area contributed by atoms with Crippen LogP contribution >= 0.6 is 0 Å². The maximum Gasteiger partial charge on any atom is 0.0910 e. The van der Waals surface area contributed by atoms with Gasteiger partial charge in [-0.3, -0.25) is 0 Å². The molecule has 1 saturated carbocycles.